The van der Waals surface area contributed by atoms with Crippen LogP contribution in [-0.4, -0.2) is 17.6 Å². The topological polar surface area (TPSA) is 37.0 Å². The van der Waals surface area contributed by atoms with Crippen LogP contribution < -0.4 is 10.6 Å². The molecule has 0 amide bonds. The molecule has 1 saturated carbocycles. The molecule has 0 unspecified atom stereocenters. The Balaban J connectivity index is 1.93. The third-order valence-electron chi connectivity index (χ3n) is 2.86. The fraction of sp³-hybridized carbons (Fsp3) is 0.583. The van der Waals surface area contributed by atoms with Gasteiger partial charge in [-0.15, -0.1) is 0 Å². The SMILES string of the molecule is CCNc1cncc(NC2CC(C)C2)c1. The summed E-state index contributed by atoms with van der Waals surface area (Å²) in [5, 5.41) is 6.77. The van der Waals surface area contributed by atoms with Gasteiger partial charge in [0.05, 0.1) is 23.8 Å². The average Bonchev–Trinajstić information content (AvgIpc) is 2.17. The summed E-state index contributed by atoms with van der Waals surface area (Å²) in [7, 11) is 0. The molecule has 15 heavy (non-hydrogen) atoms. The molecular weight excluding hydrogens is 186 g/mol. The van der Waals surface area contributed by atoms with Crippen molar-refractivity contribution in [3.8, 4) is 0 Å². The van der Waals surface area contributed by atoms with E-state index in [2.05, 4.69) is 35.5 Å². The van der Waals surface area contributed by atoms with Gasteiger partial charge in [0.25, 0.3) is 0 Å². The van der Waals surface area contributed by atoms with Gasteiger partial charge in [0.2, 0.25) is 0 Å². The quantitative estimate of drug-likeness (QED) is 0.793. The molecule has 0 saturated heterocycles. The second-order valence-electron chi connectivity index (χ2n) is 4.41. The van der Waals surface area contributed by atoms with Gasteiger partial charge in [-0.1, -0.05) is 6.92 Å². The molecule has 1 aliphatic rings. The molecule has 1 fully saturated rings. The third kappa shape index (κ3) is 2.61. The number of nitrogens with one attached hydrogen (secondary N) is 2. The van der Waals surface area contributed by atoms with E-state index in [1.54, 1.807) is 0 Å². The Morgan fingerprint density at radius 3 is 2.73 bits per heavy atom. The number of rotatable bonds is 4. The van der Waals surface area contributed by atoms with Crippen LogP contribution in [0, 0.1) is 5.92 Å². The lowest BCUT2D eigenvalue weighted by atomic mass is 9.82. The lowest BCUT2D eigenvalue weighted by molar-refractivity contribution is 0.309. The average molecular weight is 205 g/mol. The highest BCUT2D eigenvalue weighted by Gasteiger charge is 2.24. The fourth-order valence-corrected chi connectivity index (χ4v) is 2.08. The van der Waals surface area contributed by atoms with Crippen molar-refractivity contribution >= 4 is 11.4 Å². The lowest BCUT2D eigenvalue weighted by Crippen LogP contribution is -2.33. The van der Waals surface area contributed by atoms with Crippen LogP contribution in [0.2, 0.25) is 0 Å². The van der Waals surface area contributed by atoms with Crippen LogP contribution in [-0.2, 0) is 0 Å². The molecule has 2 N–H and O–H groups in total. The molecule has 0 aliphatic heterocycles. The van der Waals surface area contributed by atoms with E-state index in [4.69, 9.17) is 0 Å². The second kappa shape index (κ2) is 4.51. The summed E-state index contributed by atoms with van der Waals surface area (Å²) in [6, 6.07) is 2.78. The fourth-order valence-electron chi connectivity index (χ4n) is 2.08. The predicted molar refractivity (Wildman–Crippen MR) is 64.2 cm³/mol. The van der Waals surface area contributed by atoms with Gasteiger partial charge in [-0.3, -0.25) is 4.98 Å². The minimum Gasteiger partial charge on any atom is -0.384 e. The Kier molecular flexibility index (Phi) is 3.09. The van der Waals surface area contributed by atoms with Crippen LogP contribution in [0.15, 0.2) is 18.5 Å². The number of hydrogen-bond acceptors (Lipinski definition) is 3. The number of pyridine rings is 1. The van der Waals surface area contributed by atoms with Crippen LogP contribution in [0.5, 0.6) is 0 Å². The molecule has 1 aromatic heterocycles. The van der Waals surface area contributed by atoms with E-state index in [1.807, 2.05) is 12.4 Å². The monoisotopic (exact) mass is 205 g/mol. The van der Waals surface area contributed by atoms with Gasteiger partial charge < -0.3 is 10.6 Å². The van der Waals surface area contributed by atoms with Gasteiger partial charge in [-0.2, -0.15) is 0 Å². The smallest absolute Gasteiger partial charge is 0.0549 e. The van der Waals surface area contributed by atoms with Crippen LogP contribution in [0.3, 0.4) is 0 Å². The highest BCUT2D eigenvalue weighted by molar-refractivity contribution is 5.54. The first kappa shape index (κ1) is 10.3. The van der Waals surface area contributed by atoms with Gasteiger partial charge >= 0.3 is 0 Å². The number of aromatic nitrogens is 1. The van der Waals surface area contributed by atoms with Crippen molar-refractivity contribution in [2.75, 3.05) is 17.2 Å². The lowest BCUT2D eigenvalue weighted by Gasteiger charge is -2.34. The van der Waals surface area contributed by atoms with E-state index >= 15 is 0 Å². The van der Waals surface area contributed by atoms with Crippen molar-refractivity contribution in [3.05, 3.63) is 18.5 Å². The van der Waals surface area contributed by atoms with Gasteiger partial charge in [-0.05, 0) is 31.7 Å². The maximum absolute atomic E-state index is 4.21. The van der Waals surface area contributed by atoms with Crippen LogP contribution in [0.25, 0.3) is 0 Å². The van der Waals surface area contributed by atoms with Gasteiger partial charge in [0.15, 0.2) is 0 Å². The highest BCUT2D eigenvalue weighted by atomic mass is 15.0. The van der Waals surface area contributed by atoms with E-state index in [0.717, 1.165) is 23.8 Å². The minimum atomic E-state index is 0.652. The molecule has 0 radical (unpaired) electrons. The van der Waals surface area contributed by atoms with E-state index < -0.39 is 0 Å². The first-order valence-electron chi connectivity index (χ1n) is 5.73. The standard InChI is InChI=1S/C12H19N3/c1-3-14-11-6-12(8-13-7-11)15-10-4-9(2)5-10/h6-10,14-15H,3-5H2,1-2H3. The zero-order valence-electron chi connectivity index (χ0n) is 9.46. The van der Waals surface area contributed by atoms with Crippen LogP contribution in [0.1, 0.15) is 26.7 Å². The van der Waals surface area contributed by atoms with E-state index in [0.29, 0.717) is 6.04 Å². The Labute approximate surface area is 91.3 Å². The third-order valence-corrected chi connectivity index (χ3v) is 2.86. The highest BCUT2D eigenvalue weighted by Crippen LogP contribution is 2.29. The molecule has 0 aromatic carbocycles. The number of hydrogen-bond donors (Lipinski definition) is 2. The molecular formula is C12H19N3. The molecule has 3 heteroatoms. The van der Waals surface area contributed by atoms with Crippen molar-refractivity contribution in [1.29, 1.82) is 0 Å². The zero-order chi connectivity index (χ0) is 10.7. The number of nitrogens with zero attached hydrogens (tertiary/aromatic N) is 1. The van der Waals surface area contributed by atoms with Gasteiger partial charge in [0, 0.05) is 12.6 Å². The van der Waals surface area contributed by atoms with Gasteiger partial charge in [-0.25, -0.2) is 0 Å². The Morgan fingerprint density at radius 1 is 1.33 bits per heavy atom. The Hall–Kier alpha value is -1.25. The van der Waals surface area contributed by atoms with E-state index in [9.17, 15) is 0 Å². The summed E-state index contributed by atoms with van der Waals surface area (Å²) < 4.78 is 0. The normalized spacial score (nSPS) is 24.4. The Morgan fingerprint density at radius 2 is 2.07 bits per heavy atom. The summed E-state index contributed by atoms with van der Waals surface area (Å²) in [6.07, 6.45) is 6.32. The number of anilines is 2. The molecule has 0 bridgehead atoms. The van der Waals surface area contributed by atoms with Crippen molar-refractivity contribution < 1.29 is 0 Å². The van der Waals surface area contributed by atoms with Gasteiger partial charge in [0.1, 0.15) is 0 Å². The first-order chi connectivity index (χ1) is 7.28. The molecule has 1 aromatic rings. The van der Waals surface area contributed by atoms with Crippen LogP contribution >= 0.6 is 0 Å². The molecule has 1 heterocycles. The van der Waals surface area contributed by atoms with E-state index in [-0.39, 0.29) is 0 Å². The largest absolute Gasteiger partial charge is 0.384 e. The maximum Gasteiger partial charge on any atom is 0.0549 e. The first-order valence-corrected chi connectivity index (χ1v) is 5.73. The summed E-state index contributed by atoms with van der Waals surface area (Å²) in [4.78, 5) is 4.21. The predicted octanol–water partition coefficient (Wildman–Crippen LogP) is 2.72. The molecule has 2 rings (SSSR count). The van der Waals surface area contributed by atoms with E-state index in [1.165, 1.54) is 12.8 Å². The summed E-state index contributed by atoms with van der Waals surface area (Å²) in [5.41, 5.74) is 2.22. The van der Waals surface area contributed by atoms with Crippen molar-refractivity contribution in [2.45, 2.75) is 32.7 Å². The molecule has 82 valence electrons. The molecule has 3 nitrogen and oxygen atoms in total. The maximum atomic E-state index is 4.21. The van der Waals surface area contributed by atoms with Crippen molar-refractivity contribution in [3.63, 3.8) is 0 Å². The molecule has 0 spiro atoms. The summed E-state index contributed by atoms with van der Waals surface area (Å²) >= 11 is 0. The molecule has 1 aliphatic carbocycles. The second-order valence-corrected chi connectivity index (χ2v) is 4.41. The minimum absolute atomic E-state index is 0.652. The van der Waals surface area contributed by atoms with Crippen molar-refractivity contribution in [2.24, 2.45) is 5.92 Å². The molecule has 0 atom stereocenters. The van der Waals surface area contributed by atoms with Crippen molar-refractivity contribution in [1.82, 2.24) is 4.98 Å². The zero-order valence-corrected chi connectivity index (χ0v) is 9.46. The summed E-state index contributed by atoms with van der Waals surface area (Å²) in [6.45, 7) is 5.32. The summed E-state index contributed by atoms with van der Waals surface area (Å²) in [5.74, 6) is 0.882. The van der Waals surface area contributed by atoms with Crippen LogP contribution in [0.4, 0.5) is 11.4 Å². The Bertz CT molecular complexity index is 318.